The van der Waals surface area contributed by atoms with Crippen LogP contribution in [-0.4, -0.2) is 6.54 Å². The van der Waals surface area contributed by atoms with Crippen molar-refractivity contribution in [1.82, 2.24) is 0 Å². The van der Waals surface area contributed by atoms with E-state index in [1.54, 1.807) is 0 Å². The summed E-state index contributed by atoms with van der Waals surface area (Å²) < 4.78 is 0. The van der Waals surface area contributed by atoms with Crippen LogP contribution >= 0.6 is 9.90 Å². The van der Waals surface area contributed by atoms with Crippen molar-refractivity contribution in [3.05, 3.63) is 141 Å². The van der Waals surface area contributed by atoms with Crippen LogP contribution in [0.25, 0.3) is 0 Å². The van der Waals surface area contributed by atoms with Crippen LogP contribution in [0.3, 0.4) is 0 Å². The van der Waals surface area contributed by atoms with Gasteiger partial charge in [-0.3, -0.25) is 0 Å². The summed E-state index contributed by atoms with van der Waals surface area (Å²) in [6.45, 7) is 12.7. The van der Waals surface area contributed by atoms with Crippen LogP contribution in [0.2, 0.25) is 0 Å². The molecule has 0 saturated heterocycles. The Morgan fingerprint density at radius 3 is 1.07 bits per heavy atom. The first-order valence-corrected chi connectivity index (χ1v) is 16.0. The first kappa shape index (κ1) is 52.3. The molecule has 2 aliphatic rings. The number of rotatable bonds is 2. The second-order valence-electron chi connectivity index (χ2n) is 9.67. The van der Waals surface area contributed by atoms with E-state index in [0.29, 0.717) is 6.54 Å². The fourth-order valence-corrected chi connectivity index (χ4v) is 3.22. The van der Waals surface area contributed by atoms with Crippen LogP contribution in [0.15, 0.2) is 84.9 Å². The SMILES string of the molecule is C[CH-]C.C[CH-]C.C[CH-]C.NCCc1[c-]cccc1.P.[CH-]1CCCCC1.[CH-]1CCCCC1.[Pd].[c-]1ccccc1.[c-]1ccccc1. The Balaban J connectivity index is -0.000000135. The molecule has 0 radical (unpaired) electrons. The molecule has 0 amide bonds. The van der Waals surface area contributed by atoms with Crippen molar-refractivity contribution in [3.8, 4) is 0 Å². The average Bonchev–Trinajstić information content (AvgIpc) is 3.07. The number of hydrogen-bond donors (Lipinski definition) is 1. The van der Waals surface area contributed by atoms with E-state index < -0.39 is 0 Å². The van der Waals surface area contributed by atoms with E-state index >= 15 is 0 Å². The minimum Gasteiger partial charge on any atom is -0.335 e. The van der Waals surface area contributed by atoms with Crippen LogP contribution in [0.4, 0.5) is 0 Å². The molecule has 0 aliphatic heterocycles. The Labute approximate surface area is 294 Å². The largest absolute Gasteiger partial charge is 0.335 e. The summed E-state index contributed by atoms with van der Waals surface area (Å²) in [6.07, 6.45) is 25.9. The Hall–Kier alpha value is -1.29. The summed E-state index contributed by atoms with van der Waals surface area (Å²) in [4.78, 5) is 0. The van der Waals surface area contributed by atoms with Gasteiger partial charge in [-0.2, -0.15) is 186 Å². The standard InChI is InChI=1S/C8H10N.2C6H11.2C6H5.3C3H7.H3P.Pd/c9-7-6-8-4-2-1-3-5-8;4*1-2-4-6-5-3-1;3*1-3-2;;/h1-4H,6-7,9H2;2*1H,2-6H2;2*1-5H;3*3H,1-2H3;1H3;/q8*-1;;. The third-order valence-corrected chi connectivity index (χ3v) is 5.03. The summed E-state index contributed by atoms with van der Waals surface area (Å²) in [5.41, 5.74) is 6.53. The predicted octanol–water partition coefficient (Wildman–Crippen LogP) is 12.0. The molecule has 258 valence electrons. The molecule has 2 fully saturated rings. The smallest absolute Gasteiger partial charge is 0 e. The molecule has 1 atom stereocenters. The monoisotopic (exact) mass is 709 g/mol. The molecule has 0 bridgehead atoms. The normalized spacial score (nSPS) is 11.9. The van der Waals surface area contributed by atoms with Crippen LogP contribution < -0.4 is 5.73 Å². The molecule has 1 nitrogen and oxygen atoms in total. The number of nitrogens with two attached hydrogens (primary N) is 1. The fraction of sp³-hybridized carbons (Fsp3) is 0.439. The summed E-state index contributed by atoms with van der Waals surface area (Å²) >= 11 is 0. The number of hydrogen-bond acceptors (Lipinski definition) is 1. The van der Waals surface area contributed by atoms with Gasteiger partial charge in [0, 0.05) is 20.4 Å². The van der Waals surface area contributed by atoms with Gasteiger partial charge in [0.15, 0.2) is 0 Å². The quantitative estimate of drug-likeness (QED) is 0.160. The molecule has 3 heteroatoms. The Morgan fingerprint density at radius 1 is 0.568 bits per heavy atom. The maximum absolute atomic E-state index is 5.34. The molecule has 0 aromatic heterocycles. The van der Waals surface area contributed by atoms with E-state index in [1.165, 1.54) is 69.8 Å². The molecule has 0 heterocycles. The van der Waals surface area contributed by atoms with Gasteiger partial charge in [-0.05, 0) is 13.0 Å². The zero-order chi connectivity index (χ0) is 31.6. The molecule has 2 aliphatic carbocycles. The zero-order valence-electron chi connectivity index (χ0n) is 29.1. The van der Waals surface area contributed by atoms with Crippen LogP contribution in [0, 0.1) is 50.3 Å². The van der Waals surface area contributed by atoms with Gasteiger partial charge in [-0.1, -0.05) is 38.5 Å². The van der Waals surface area contributed by atoms with E-state index in [0.717, 1.165) is 6.42 Å². The Morgan fingerprint density at radius 2 is 0.909 bits per heavy atom. The van der Waals surface area contributed by atoms with Crippen molar-refractivity contribution in [2.45, 2.75) is 112 Å². The summed E-state index contributed by atoms with van der Waals surface area (Å²) in [6, 6.07) is 36.0. The third-order valence-electron chi connectivity index (χ3n) is 5.03. The Kier molecular flexibility index (Phi) is 64.4. The minimum atomic E-state index is 0. The van der Waals surface area contributed by atoms with Gasteiger partial charge >= 0.3 is 0 Å². The van der Waals surface area contributed by atoms with Crippen molar-refractivity contribution in [3.63, 3.8) is 0 Å². The average molecular weight is 710 g/mol. The molecule has 2 saturated carbocycles. The molecule has 1 unspecified atom stereocenters. The molecule has 2 N–H and O–H groups in total. The summed E-state index contributed by atoms with van der Waals surface area (Å²) in [5.74, 6) is 0. The maximum atomic E-state index is 5.34. The molecule has 3 aromatic carbocycles. The van der Waals surface area contributed by atoms with Crippen LogP contribution in [-0.2, 0) is 26.8 Å². The van der Waals surface area contributed by atoms with Gasteiger partial charge in [0.25, 0.3) is 0 Å². The van der Waals surface area contributed by atoms with E-state index in [4.69, 9.17) is 5.73 Å². The van der Waals surface area contributed by atoms with E-state index in [-0.39, 0.29) is 30.3 Å². The second-order valence-corrected chi connectivity index (χ2v) is 9.67. The van der Waals surface area contributed by atoms with Gasteiger partial charge in [0.05, 0.1) is 0 Å². The van der Waals surface area contributed by atoms with Crippen molar-refractivity contribution in [2.24, 2.45) is 5.73 Å². The molecule has 3 aromatic rings. The van der Waals surface area contributed by atoms with Crippen LogP contribution in [0.5, 0.6) is 0 Å². The first-order chi connectivity index (χ1) is 20.7. The molecule has 0 spiro atoms. The zero-order valence-corrected chi connectivity index (χ0v) is 32.0. The van der Waals surface area contributed by atoms with Gasteiger partial charge < -0.3 is 37.8 Å². The molecular weight excluding hydrogens is 644 g/mol. The fourth-order valence-electron chi connectivity index (χ4n) is 3.22. The van der Waals surface area contributed by atoms with Gasteiger partial charge in [0.2, 0.25) is 0 Å². The van der Waals surface area contributed by atoms with E-state index in [9.17, 15) is 0 Å². The minimum absolute atomic E-state index is 0. The summed E-state index contributed by atoms with van der Waals surface area (Å²) in [5, 5.41) is 0. The predicted molar refractivity (Wildman–Crippen MR) is 201 cm³/mol. The van der Waals surface area contributed by atoms with Gasteiger partial charge in [0.1, 0.15) is 0 Å². The van der Waals surface area contributed by atoms with Crippen molar-refractivity contribution >= 4 is 9.90 Å². The third kappa shape index (κ3) is 56.5. The molecule has 44 heavy (non-hydrogen) atoms. The van der Waals surface area contributed by atoms with Crippen molar-refractivity contribution in [1.29, 1.82) is 0 Å². The second kappa shape index (κ2) is 54.2. The van der Waals surface area contributed by atoms with E-state index in [1.807, 2.05) is 146 Å². The maximum Gasteiger partial charge on any atom is 0 e. The summed E-state index contributed by atoms with van der Waals surface area (Å²) in [7, 11) is 0. The molecular formula is C41H66NPPd-8. The van der Waals surface area contributed by atoms with E-state index in [2.05, 4.69) is 31.0 Å². The first-order valence-electron chi connectivity index (χ1n) is 16.0. The van der Waals surface area contributed by atoms with Crippen molar-refractivity contribution in [2.75, 3.05) is 6.54 Å². The van der Waals surface area contributed by atoms with Crippen molar-refractivity contribution < 1.29 is 20.4 Å². The topological polar surface area (TPSA) is 26.0 Å². The van der Waals surface area contributed by atoms with Crippen LogP contribution in [0.1, 0.15) is 111 Å². The van der Waals surface area contributed by atoms with Gasteiger partial charge in [-0.15, -0.1) is 0 Å². The molecule has 5 rings (SSSR count). The Bertz CT molecular complexity index is 623. The van der Waals surface area contributed by atoms with Gasteiger partial charge in [-0.25, -0.2) is 0 Å². The number of benzene rings is 3.